The Morgan fingerprint density at radius 1 is 1.11 bits per heavy atom. The topological polar surface area (TPSA) is 40.6 Å². The summed E-state index contributed by atoms with van der Waals surface area (Å²) in [5.41, 5.74) is 6.28. The van der Waals surface area contributed by atoms with Gasteiger partial charge in [0, 0.05) is 41.3 Å². The van der Waals surface area contributed by atoms with Gasteiger partial charge in [-0.15, -0.1) is 0 Å². The summed E-state index contributed by atoms with van der Waals surface area (Å²) >= 11 is 12.9. The number of thiocarbonyl (C=S) groups is 1. The van der Waals surface area contributed by atoms with Crippen LogP contribution in [0.2, 0.25) is 5.02 Å². The number of rotatable bonds is 4. The highest BCUT2D eigenvalue weighted by Gasteiger charge is 2.42. The highest BCUT2D eigenvalue weighted by molar-refractivity contribution is 7.80. The Labute approximate surface area is 217 Å². The van der Waals surface area contributed by atoms with Crippen LogP contribution in [-0.4, -0.2) is 29.8 Å². The van der Waals surface area contributed by atoms with Crippen molar-refractivity contribution in [2.24, 2.45) is 0 Å². The summed E-state index contributed by atoms with van der Waals surface area (Å²) < 4.78 is 5.50. The summed E-state index contributed by atoms with van der Waals surface area (Å²) in [6, 6.07) is 17.8. The molecule has 0 amide bonds. The fourth-order valence-electron chi connectivity index (χ4n) is 5.12. The minimum atomic E-state index is -0.199. The van der Waals surface area contributed by atoms with Crippen LogP contribution in [0.1, 0.15) is 49.7 Å². The predicted molar refractivity (Wildman–Crippen MR) is 149 cm³/mol. The summed E-state index contributed by atoms with van der Waals surface area (Å²) in [6.07, 6.45) is 4.12. The minimum absolute atomic E-state index is 0.0957. The first kappa shape index (κ1) is 23.6. The van der Waals surface area contributed by atoms with E-state index in [1.807, 2.05) is 48.7 Å². The standard InChI is InChI=1S/C28H29ClN4OS/c1-17-16-28(2,3)32(4)24-15-22(29)21(14-20(17)24)26-25(23-11-6-7-12-30-23)31-27(35)33(26)18-9-8-10-19(13-18)34-5/h6-16,25-26H,1-5H3,(H,31,35)/t25-,26+/m1/s1. The molecule has 7 heteroatoms. The number of likely N-dealkylation sites (N-methyl/N-ethyl adjacent to an activating group) is 1. The number of ether oxygens (including phenoxy) is 1. The number of hydrogen-bond donors (Lipinski definition) is 1. The second-order valence-electron chi connectivity index (χ2n) is 9.63. The van der Waals surface area contributed by atoms with Crippen LogP contribution in [0, 0.1) is 0 Å². The van der Waals surface area contributed by atoms with Crippen molar-refractivity contribution in [2.75, 3.05) is 24.0 Å². The summed E-state index contributed by atoms with van der Waals surface area (Å²) in [5, 5.41) is 4.84. The lowest BCUT2D eigenvalue weighted by molar-refractivity contribution is 0.415. The Morgan fingerprint density at radius 3 is 2.63 bits per heavy atom. The second kappa shape index (κ2) is 8.85. The van der Waals surface area contributed by atoms with Crippen molar-refractivity contribution in [3.8, 4) is 5.75 Å². The van der Waals surface area contributed by atoms with Crippen molar-refractivity contribution in [1.29, 1.82) is 0 Å². The Hall–Kier alpha value is -3.09. The van der Waals surface area contributed by atoms with Crippen molar-refractivity contribution >= 4 is 45.9 Å². The highest BCUT2D eigenvalue weighted by atomic mass is 35.5. The average molecular weight is 505 g/mol. The first-order chi connectivity index (χ1) is 16.7. The molecule has 0 unspecified atom stereocenters. The van der Waals surface area contributed by atoms with Crippen LogP contribution < -0.4 is 19.9 Å². The lowest BCUT2D eigenvalue weighted by Crippen LogP contribution is -2.42. The van der Waals surface area contributed by atoms with Gasteiger partial charge in [0.1, 0.15) is 5.75 Å². The third kappa shape index (κ3) is 4.05. The maximum Gasteiger partial charge on any atom is 0.174 e. The molecule has 5 rings (SSSR count). The van der Waals surface area contributed by atoms with E-state index in [0.29, 0.717) is 10.1 Å². The first-order valence-electron chi connectivity index (χ1n) is 11.6. The number of nitrogens with one attached hydrogen (secondary N) is 1. The number of aromatic nitrogens is 1. The van der Waals surface area contributed by atoms with E-state index in [-0.39, 0.29) is 17.6 Å². The van der Waals surface area contributed by atoms with Gasteiger partial charge in [0.2, 0.25) is 0 Å². The zero-order chi connectivity index (χ0) is 24.9. The van der Waals surface area contributed by atoms with Crippen molar-refractivity contribution in [1.82, 2.24) is 10.3 Å². The van der Waals surface area contributed by atoms with Gasteiger partial charge in [0.05, 0.1) is 30.4 Å². The quantitative estimate of drug-likeness (QED) is 0.406. The number of allylic oxidation sites excluding steroid dienone is 1. The number of halogens is 1. The molecule has 0 saturated carbocycles. The van der Waals surface area contributed by atoms with Crippen LogP contribution in [-0.2, 0) is 0 Å². The summed E-state index contributed by atoms with van der Waals surface area (Å²) in [6.45, 7) is 6.59. The zero-order valence-electron chi connectivity index (χ0n) is 20.5. The Bertz CT molecular complexity index is 1320. The number of hydrogen-bond acceptors (Lipinski definition) is 4. The van der Waals surface area contributed by atoms with Gasteiger partial charge >= 0.3 is 0 Å². The van der Waals surface area contributed by atoms with Gasteiger partial charge < -0.3 is 19.9 Å². The maximum atomic E-state index is 7.07. The number of anilines is 2. The molecule has 0 bridgehead atoms. The maximum absolute atomic E-state index is 7.07. The molecule has 2 aliphatic rings. The Morgan fingerprint density at radius 2 is 1.91 bits per heavy atom. The van der Waals surface area contributed by atoms with E-state index in [1.54, 1.807) is 7.11 Å². The summed E-state index contributed by atoms with van der Waals surface area (Å²) in [5.74, 6) is 0.768. The van der Waals surface area contributed by atoms with Crippen LogP contribution in [0.4, 0.5) is 11.4 Å². The molecule has 180 valence electrons. The van der Waals surface area contributed by atoms with E-state index in [0.717, 1.165) is 28.4 Å². The smallest absolute Gasteiger partial charge is 0.174 e. The molecular weight excluding hydrogens is 476 g/mol. The third-order valence-corrected chi connectivity index (χ3v) is 7.73. The molecular formula is C28H29ClN4OS. The fourth-order valence-corrected chi connectivity index (χ4v) is 5.74. The van der Waals surface area contributed by atoms with E-state index in [2.05, 4.69) is 66.1 Å². The molecule has 1 fully saturated rings. The molecule has 3 aromatic rings. The molecule has 1 aromatic heterocycles. The third-order valence-electron chi connectivity index (χ3n) is 7.08. The van der Waals surface area contributed by atoms with Gasteiger partial charge in [-0.05, 0) is 80.5 Å². The Balaban J connectivity index is 1.70. The molecule has 0 spiro atoms. The van der Waals surface area contributed by atoms with Crippen molar-refractivity contribution in [2.45, 2.75) is 38.4 Å². The number of fused-ring (bicyclic) bond motifs is 1. The molecule has 2 aromatic carbocycles. The van der Waals surface area contributed by atoms with Gasteiger partial charge in [-0.25, -0.2) is 0 Å². The largest absolute Gasteiger partial charge is 0.497 e. The molecule has 1 N–H and O–H groups in total. The number of benzene rings is 2. The van der Waals surface area contributed by atoms with Crippen molar-refractivity contribution in [3.05, 3.63) is 88.7 Å². The van der Waals surface area contributed by atoms with E-state index in [1.165, 1.54) is 11.1 Å². The van der Waals surface area contributed by atoms with E-state index >= 15 is 0 Å². The molecule has 0 radical (unpaired) electrons. The molecule has 2 aliphatic heterocycles. The number of nitrogens with zero attached hydrogens (tertiary/aromatic N) is 3. The Kier molecular flexibility index (Phi) is 5.98. The lowest BCUT2D eigenvalue weighted by Gasteiger charge is -2.41. The van der Waals surface area contributed by atoms with Crippen LogP contribution in [0.15, 0.2) is 66.9 Å². The second-order valence-corrected chi connectivity index (χ2v) is 10.4. The van der Waals surface area contributed by atoms with Crippen LogP contribution >= 0.6 is 23.8 Å². The SMILES string of the molecule is COc1cccc(N2C(=S)N[C@H](c3ccccn3)[C@@H]2c2cc3c(cc2Cl)N(C)C(C)(C)C=C3C)c1. The van der Waals surface area contributed by atoms with Crippen LogP contribution in [0.25, 0.3) is 5.57 Å². The van der Waals surface area contributed by atoms with E-state index in [9.17, 15) is 0 Å². The predicted octanol–water partition coefficient (Wildman–Crippen LogP) is 6.55. The molecule has 5 nitrogen and oxygen atoms in total. The van der Waals surface area contributed by atoms with Crippen molar-refractivity contribution in [3.63, 3.8) is 0 Å². The average Bonchev–Trinajstić information content (AvgIpc) is 3.19. The molecule has 35 heavy (non-hydrogen) atoms. The van der Waals surface area contributed by atoms with Gasteiger partial charge in [-0.3, -0.25) is 4.98 Å². The van der Waals surface area contributed by atoms with Crippen molar-refractivity contribution < 1.29 is 4.74 Å². The van der Waals surface area contributed by atoms with Gasteiger partial charge in [0.25, 0.3) is 0 Å². The number of methoxy groups -OCH3 is 1. The van der Waals surface area contributed by atoms with Gasteiger partial charge in [-0.2, -0.15) is 0 Å². The van der Waals surface area contributed by atoms with Crippen LogP contribution in [0.5, 0.6) is 5.75 Å². The first-order valence-corrected chi connectivity index (χ1v) is 12.4. The lowest BCUT2D eigenvalue weighted by atomic mass is 9.86. The zero-order valence-corrected chi connectivity index (χ0v) is 22.1. The molecule has 2 atom stereocenters. The molecule has 3 heterocycles. The van der Waals surface area contributed by atoms with E-state index in [4.69, 9.17) is 28.6 Å². The van der Waals surface area contributed by atoms with Gasteiger partial charge in [0.15, 0.2) is 5.11 Å². The molecule has 0 aliphatic carbocycles. The normalized spacial score (nSPS) is 20.9. The molecule has 1 saturated heterocycles. The highest BCUT2D eigenvalue weighted by Crippen LogP contribution is 2.48. The van der Waals surface area contributed by atoms with Gasteiger partial charge in [-0.1, -0.05) is 29.8 Å². The monoisotopic (exact) mass is 504 g/mol. The van der Waals surface area contributed by atoms with E-state index < -0.39 is 0 Å². The summed E-state index contributed by atoms with van der Waals surface area (Å²) in [7, 11) is 3.78. The number of pyridine rings is 1. The fraction of sp³-hybridized carbons (Fsp3) is 0.286. The summed E-state index contributed by atoms with van der Waals surface area (Å²) in [4.78, 5) is 9.06. The minimum Gasteiger partial charge on any atom is -0.497 e. The van der Waals surface area contributed by atoms with Crippen LogP contribution in [0.3, 0.4) is 0 Å².